The highest BCUT2D eigenvalue weighted by molar-refractivity contribution is 5.66. The molecular weight excluding hydrogens is 233 g/mol. The van der Waals surface area contributed by atoms with Crippen LogP contribution in [-0.4, -0.2) is 24.2 Å². The maximum atomic E-state index is 13.1. The number of hydrogen-bond acceptors (Lipinski definition) is 2. The van der Waals surface area contributed by atoms with Crippen molar-refractivity contribution >= 4 is 5.97 Å². The highest BCUT2D eigenvalue weighted by Crippen LogP contribution is 2.22. The predicted octanol–water partition coefficient (Wildman–Crippen LogP) is 2.56. The van der Waals surface area contributed by atoms with Gasteiger partial charge in [0.2, 0.25) is 0 Å². The van der Waals surface area contributed by atoms with E-state index in [-0.39, 0.29) is 17.7 Å². The Balaban J connectivity index is 2.42. The van der Waals surface area contributed by atoms with E-state index in [1.807, 2.05) is 19.9 Å². The number of carboxylic acids is 1. The van der Waals surface area contributed by atoms with Crippen LogP contribution < -0.4 is 5.32 Å². The summed E-state index contributed by atoms with van der Waals surface area (Å²) in [6.07, 6.45) is 0.780. The molecule has 4 heteroatoms. The lowest BCUT2D eigenvalue weighted by molar-refractivity contribution is -0.137. The molecule has 0 bridgehead atoms. The number of carboxylic acid groups (broad SMARTS) is 1. The highest BCUT2D eigenvalue weighted by Gasteiger charge is 2.20. The maximum Gasteiger partial charge on any atom is 0.303 e. The van der Waals surface area contributed by atoms with E-state index < -0.39 is 5.97 Å². The average Bonchev–Trinajstić information content (AvgIpc) is 2.28. The number of carbonyl (C=O) groups is 1. The molecule has 0 heterocycles. The summed E-state index contributed by atoms with van der Waals surface area (Å²) in [5.74, 6) is -1.01. The minimum Gasteiger partial charge on any atom is -0.481 e. The molecule has 0 saturated carbocycles. The lowest BCUT2D eigenvalue weighted by Crippen LogP contribution is -2.33. The first kappa shape index (κ1) is 14.6. The van der Waals surface area contributed by atoms with Gasteiger partial charge < -0.3 is 10.4 Å². The van der Waals surface area contributed by atoms with Gasteiger partial charge in [-0.25, -0.2) is 4.39 Å². The van der Waals surface area contributed by atoms with Gasteiger partial charge in [0.25, 0.3) is 0 Å². The summed E-state index contributed by atoms with van der Waals surface area (Å²) >= 11 is 0. The van der Waals surface area contributed by atoms with Crippen LogP contribution >= 0.6 is 0 Å². The van der Waals surface area contributed by atoms with E-state index in [2.05, 4.69) is 5.32 Å². The van der Waals surface area contributed by atoms with Crippen LogP contribution in [-0.2, 0) is 10.2 Å². The number of hydrogen-bond donors (Lipinski definition) is 2. The summed E-state index contributed by atoms with van der Waals surface area (Å²) in [6.45, 7) is 5.42. The summed E-state index contributed by atoms with van der Waals surface area (Å²) < 4.78 is 13.1. The molecule has 0 aliphatic carbocycles. The van der Waals surface area contributed by atoms with E-state index in [4.69, 9.17) is 5.11 Å². The SMILES string of the molecule is CC(C)(CNCCCC(=O)O)c1cccc(F)c1. The Kier molecular flexibility index (Phi) is 5.28. The molecule has 3 nitrogen and oxygen atoms in total. The number of halogens is 1. The molecule has 1 aromatic carbocycles. The summed E-state index contributed by atoms with van der Waals surface area (Å²) in [5.41, 5.74) is 0.763. The topological polar surface area (TPSA) is 49.3 Å². The van der Waals surface area contributed by atoms with Crippen molar-refractivity contribution in [1.29, 1.82) is 0 Å². The fourth-order valence-corrected chi connectivity index (χ4v) is 1.78. The Labute approximate surface area is 107 Å². The van der Waals surface area contributed by atoms with E-state index in [9.17, 15) is 9.18 Å². The van der Waals surface area contributed by atoms with Gasteiger partial charge in [0.15, 0.2) is 0 Å². The van der Waals surface area contributed by atoms with Crippen LogP contribution in [0.2, 0.25) is 0 Å². The van der Waals surface area contributed by atoms with E-state index in [1.54, 1.807) is 12.1 Å². The molecule has 0 amide bonds. The standard InChI is InChI=1S/C14H20FNO2/c1-14(2,10-16-8-4-7-13(17)18)11-5-3-6-12(15)9-11/h3,5-6,9,16H,4,7-8,10H2,1-2H3,(H,17,18). The molecule has 0 aromatic heterocycles. The van der Waals surface area contributed by atoms with E-state index >= 15 is 0 Å². The van der Waals surface area contributed by atoms with Crippen molar-refractivity contribution in [2.45, 2.75) is 32.1 Å². The zero-order chi connectivity index (χ0) is 13.6. The number of benzene rings is 1. The molecule has 0 aliphatic rings. The van der Waals surface area contributed by atoms with Crippen molar-refractivity contribution in [1.82, 2.24) is 5.32 Å². The van der Waals surface area contributed by atoms with Crippen LogP contribution in [0.1, 0.15) is 32.3 Å². The lowest BCUT2D eigenvalue weighted by Gasteiger charge is -2.25. The van der Waals surface area contributed by atoms with Gasteiger partial charge in [-0.05, 0) is 30.7 Å². The Morgan fingerprint density at radius 1 is 1.44 bits per heavy atom. The molecule has 1 aromatic rings. The van der Waals surface area contributed by atoms with E-state index in [0.717, 1.165) is 5.56 Å². The first-order valence-electron chi connectivity index (χ1n) is 6.10. The summed E-state index contributed by atoms with van der Waals surface area (Å²) in [5, 5.41) is 11.7. The number of rotatable bonds is 7. The second-order valence-corrected chi connectivity index (χ2v) is 5.07. The Morgan fingerprint density at radius 2 is 2.17 bits per heavy atom. The van der Waals surface area contributed by atoms with Crippen molar-refractivity contribution in [2.75, 3.05) is 13.1 Å². The molecule has 0 unspecified atom stereocenters. The molecule has 0 fully saturated rings. The van der Waals surface area contributed by atoms with Crippen LogP contribution in [0.4, 0.5) is 4.39 Å². The van der Waals surface area contributed by atoms with Crippen molar-refractivity contribution in [3.63, 3.8) is 0 Å². The normalized spacial score (nSPS) is 11.5. The van der Waals surface area contributed by atoms with Crippen molar-refractivity contribution in [3.05, 3.63) is 35.6 Å². The van der Waals surface area contributed by atoms with Crippen molar-refractivity contribution in [3.8, 4) is 0 Å². The van der Waals surface area contributed by atoms with Gasteiger partial charge in [-0.15, -0.1) is 0 Å². The quantitative estimate of drug-likeness (QED) is 0.734. The highest BCUT2D eigenvalue weighted by atomic mass is 19.1. The minimum atomic E-state index is -0.777. The van der Waals surface area contributed by atoms with Crippen LogP contribution in [0, 0.1) is 5.82 Å². The second kappa shape index (κ2) is 6.50. The van der Waals surface area contributed by atoms with E-state index in [0.29, 0.717) is 19.5 Å². The monoisotopic (exact) mass is 253 g/mol. The molecule has 18 heavy (non-hydrogen) atoms. The Bertz CT molecular complexity index is 405. The van der Waals surface area contributed by atoms with Gasteiger partial charge in [-0.2, -0.15) is 0 Å². The third-order valence-corrected chi connectivity index (χ3v) is 2.92. The molecule has 0 radical (unpaired) electrons. The Hall–Kier alpha value is -1.42. The van der Waals surface area contributed by atoms with E-state index in [1.165, 1.54) is 6.07 Å². The smallest absolute Gasteiger partial charge is 0.303 e. The largest absolute Gasteiger partial charge is 0.481 e. The molecule has 1 rings (SSSR count). The number of aliphatic carboxylic acids is 1. The van der Waals surface area contributed by atoms with Crippen molar-refractivity contribution in [2.24, 2.45) is 0 Å². The van der Waals surface area contributed by atoms with Gasteiger partial charge in [-0.1, -0.05) is 26.0 Å². The molecular formula is C14H20FNO2. The average molecular weight is 253 g/mol. The second-order valence-electron chi connectivity index (χ2n) is 5.07. The van der Waals surface area contributed by atoms with Gasteiger partial charge in [-0.3, -0.25) is 4.79 Å². The Morgan fingerprint density at radius 3 is 2.78 bits per heavy atom. The molecule has 0 spiro atoms. The number of nitrogens with one attached hydrogen (secondary N) is 1. The molecule has 0 atom stereocenters. The summed E-state index contributed by atoms with van der Waals surface area (Å²) in [7, 11) is 0. The third kappa shape index (κ3) is 4.84. The lowest BCUT2D eigenvalue weighted by atomic mass is 9.84. The summed E-state index contributed by atoms with van der Waals surface area (Å²) in [4.78, 5) is 10.3. The summed E-state index contributed by atoms with van der Waals surface area (Å²) in [6, 6.07) is 6.58. The first-order valence-corrected chi connectivity index (χ1v) is 6.10. The first-order chi connectivity index (χ1) is 8.42. The fourth-order valence-electron chi connectivity index (χ4n) is 1.78. The third-order valence-electron chi connectivity index (χ3n) is 2.92. The van der Waals surface area contributed by atoms with Gasteiger partial charge >= 0.3 is 5.97 Å². The van der Waals surface area contributed by atoms with Crippen LogP contribution in [0.25, 0.3) is 0 Å². The molecule has 100 valence electrons. The maximum absolute atomic E-state index is 13.1. The zero-order valence-electron chi connectivity index (χ0n) is 10.9. The van der Waals surface area contributed by atoms with Gasteiger partial charge in [0, 0.05) is 18.4 Å². The molecule has 2 N–H and O–H groups in total. The predicted molar refractivity (Wildman–Crippen MR) is 69.2 cm³/mol. The molecule has 0 saturated heterocycles. The van der Waals surface area contributed by atoms with Gasteiger partial charge in [0.05, 0.1) is 0 Å². The van der Waals surface area contributed by atoms with Crippen LogP contribution in [0.3, 0.4) is 0 Å². The van der Waals surface area contributed by atoms with Crippen LogP contribution in [0.5, 0.6) is 0 Å². The molecule has 0 aliphatic heterocycles. The zero-order valence-corrected chi connectivity index (χ0v) is 10.9. The van der Waals surface area contributed by atoms with Crippen LogP contribution in [0.15, 0.2) is 24.3 Å². The van der Waals surface area contributed by atoms with Crippen molar-refractivity contribution < 1.29 is 14.3 Å². The minimum absolute atomic E-state index is 0.174. The van der Waals surface area contributed by atoms with Gasteiger partial charge in [0.1, 0.15) is 5.82 Å². The fraction of sp³-hybridized carbons (Fsp3) is 0.500.